The van der Waals surface area contributed by atoms with E-state index in [1.807, 2.05) is 36.1 Å². The Bertz CT molecular complexity index is 572. The first kappa shape index (κ1) is 23.7. The lowest BCUT2D eigenvalue weighted by Crippen LogP contribution is -2.37. The number of likely N-dealkylation sites (tertiary alicyclic amines) is 1. The van der Waals surface area contributed by atoms with Gasteiger partial charge >= 0.3 is 0 Å². The molecule has 7 heteroatoms. The maximum Gasteiger partial charge on any atom is 0.253 e. The molecule has 152 valence electrons. The van der Waals surface area contributed by atoms with Gasteiger partial charge < -0.3 is 20.3 Å². The van der Waals surface area contributed by atoms with Gasteiger partial charge in [-0.05, 0) is 50.3 Å². The second-order valence-electron chi connectivity index (χ2n) is 6.45. The molecular weight excluding hydrogens is 455 g/mol. The molecule has 2 rings (SSSR count). The number of carbonyl (C=O) groups is 1. The highest BCUT2D eigenvalue weighted by molar-refractivity contribution is 14.0. The number of ether oxygens (including phenoxy) is 1. The second kappa shape index (κ2) is 13.8. The van der Waals surface area contributed by atoms with Gasteiger partial charge in [-0.3, -0.25) is 9.79 Å². The fraction of sp³-hybridized carbons (Fsp3) is 0.600. The molecule has 0 aliphatic carbocycles. The molecule has 0 atom stereocenters. The summed E-state index contributed by atoms with van der Waals surface area (Å²) in [6.45, 7) is 6.77. The molecule has 2 N–H and O–H groups in total. The van der Waals surface area contributed by atoms with Crippen LogP contribution in [0.5, 0.6) is 0 Å². The summed E-state index contributed by atoms with van der Waals surface area (Å²) in [7, 11) is 1.76. The highest BCUT2D eigenvalue weighted by Gasteiger charge is 2.17. The van der Waals surface area contributed by atoms with Gasteiger partial charge in [0.15, 0.2) is 5.96 Å². The van der Waals surface area contributed by atoms with Crippen LogP contribution in [0, 0.1) is 0 Å². The van der Waals surface area contributed by atoms with Gasteiger partial charge in [-0.2, -0.15) is 0 Å². The number of nitrogens with one attached hydrogen (secondary N) is 2. The number of benzene rings is 1. The molecule has 6 nitrogen and oxygen atoms in total. The summed E-state index contributed by atoms with van der Waals surface area (Å²) in [5.74, 6) is 0.922. The summed E-state index contributed by atoms with van der Waals surface area (Å²) in [5, 5.41) is 6.56. The number of carbonyl (C=O) groups excluding carboxylic acids is 1. The van der Waals surface area contributed by atoms with Crippen molar-refractivity contribution in [3.8, 4) is 0 Å². The van der Waals surface area contributed by atoms with Crippen LogP contribution in [-0.2, 0) is 11.3 Å². The van der Waals surface area contributed by atoms with Gasteiger partial charge in [0.2, 0.25) is 0 Å². The van der Waals surface area contributed by atoms with Crippen molar-refractivity contribution in [2.75, 3.05) is 39.9 Å². The van der Waals surface area contributed by atoms with E-state index in [9.17, 15) is 4.79 Å². The first-order valence-corrected chi connectivity index (χ1v) is 9.65. The number of piperidine rings is 1. The van der Waals surface area contributed by atoms with E-state index in [2.05, 4.69) is 15.6 Å². The molecular formula is C20H33IN4O2. The fourth-order valence-electron chi connectivity index (χ4n) is 2.98. The Morgan fingerprint density at radius 1 is 1.15 bits per heavy atom. The molecule has 0 spiro atoms. The van der Waals surface area contributed by atoms with E-state index in [1.165, 1.54) is 6.42 Å². The predicted molar refractivity (Wildman–Crippen MR) is 121 cm³/mol. The van der Waals surface area contributed by atoms with Crippen LogP contribution in [0.3, 0.4) is 0 Å². The van der Waals surface area contributed by atoms with Crippen molar-refractivity contribution in [3.63, 3.8) is 0 Å². The van der Waals surface area contributed by atoms with E-state index in [1.54, 1.807) is 7.05 Å². The number of halogens is 1. The van der Waals surface area contributed by atoms with E-state index < -0.39 is 0 Å². The molecule has 0 aromatic heterocycles. The van der Waals surface area contributed by atoms with Crippen LogP contribution in [0.15, 0.2) is 29.3 Å². The molecule has 1 saturated heterocycles. The van der Waals surface area contributed by atoms with Crippen LogP contribution in [0.1, 0.15) is 48.5 Å². The molecule has 1 aromatic carbocycles. The number of aliphatic imine (C=N–C) groups is 1. The molecule has 1 aliphatic heterocycles. The molecule has 1 heterocycles. The zero-order valence-electron chi connectivity index (χ0n) is 16.5. The quantitative estimate of drug-likeness (QED) is 0.256. The van der Waals surface area contributed by atoms with Gasteiger partial charge in [0, 0.05) is 52.0 Å². The summed E-state index contributed by atoms with van der Waals surface area (Å²) in [4.78, 5) is 18.7. The van der Waals surface area contributed by atoms with Crippen LogP contribution in [0.2, 0.25) is 0 Å². The summed E-state index contributed by atoms with van der Waals surface area (Å²) >= 11 is 0. The van der Waals surface area contributed by atoms with E-state index in [0.717, 1.165) is 69.2 Å². The molecule has 0 radical (unpaired) electrons. The number of guanidine groups is 1. The predicted octanol–water partition coefficient (Wildman–Crippen LogP) is 3.02. The number of hydrogen-bond donors (Lipinski definition) is 2. The first-order valence-electron chi connectivity index (χ1n) is 9.65. The summed E-state index contributed by atoms with van der Waals surface area (Å²) < 4.78 is 5.32. The average molecular weight is 488 g/mol. The van der Waals surface area contributed by atoms with Crippen molar-refractivity contribution in [3.05, 3.63) is 35.4 Å². The van der Waals surface area contributed by atoms with Gasteiger partial charge in [-0.25, -0.2) is 0 Å². The molecule has 1 aliphatic rings. The number of hydrogen-bond acceptors (Lipinski definition) is 3. The lowest BCUT2D eigenvalue weighted by Gasteiger charge is -2.26. The zero-order chi connectivity index (χ0) is 18.6. The van der Waals surface area contributed by atoms with Crippen LogP contribution < -0.4 is 10.6 Å². The lowest BCUT2D eigenvalue weighted by molar-refractivity contribution is 0.0724. The highest BCUT2D eigenvalue weighted by atomic mass is 127. The Kier molecular flexibility index (Phi) is 12.1. The lowest BCUT2D eigenvalue weighted by atomic mass is 10.1. The minimum Gasteiger partial charge on any atom is -0.382 e. The van der Waals surface area contributed by atoms with E-state index in [-0.39, 0.29) is 29.9 Å². The molecule has 0 unspecified atom stereocenters. The first-order chi connectivity index (χ1) is 12.7. The smallest absolute Gasteiger partial charge is 0.253 e. The molecule has 0 saturated carbocycles. The van der Waals surface area contributed by atoms with Gasteiger partial charge in [0.05, 0.1) is 0 Å². The third-order valence-corrected chi connectivity index (χ3v) is 4.49. The van der Waals surface area contributed by atoms with Crippen molar-refractivity contribution in [2.24, 2.45) is 4.99 Å². The van der Waals surface area contributed by atoms with Crippen LogP contribution in [-0.4, -0.2) is 56.7 Å². The Morgan fingerprint density at radius 2 is 1.85 bits per heavy atom. The van der Waals surface area contributed by atoms with Crippen molar-refractivity contribution < 1.29 is 9.53 Å². The zero-order valence-corrected chi connectivity index (χ0v) is 18.8. The van der Waals surface area contributed by atoms with Crippen LogP contribution in [0.4, 0.5) is 0 Å². The molecule has 0 bridgehead atoms. The average Bonchev–Trinajstić information content (AvgIpc) is 2.70. The van der Waals surface area contributed by atoms with Crippen molar-refractivity contribution in [1.29, 1.82) is 0 Å². The van der Waals surface area contributed by atoms with Gasteiger partial charge in [0.25, 0.3) is 5.91 Å². The van der Waals surface area contributed by atoms with Gasteiger partial charge in [-0.1, -0.05) is 12.1 Å². The minimum atomic E-state index is 0. The number of amides is 1. The van der Waals surface area contributed by atoms with E-state index >= 15 is 0 Å². The van der Waals surface area contributed by atoms with Gasteiger partial charge in [0.1, 0.15) is 0 Å². The maximum atomic E-state index is 12.5. The Labute approximate surface area is 180 Å². The Morgan fingerprint density at radius 3 is 2.48 bits per heavy atom. The largest absolute Gasteiger partial charge is 0.382 e. The normalized spacial score (nSPS) is 14.4. The third kappa shape index (κ3) is 8.47. The number of nitrogens with zero attached hydrogens (tertiary/aromatic N) is 2. The highest BCUT2D eigenvalue weighted by Crippen LogP contribution is 2.13. The number of rotatable bonds is 8. The molecule has 1 aromatic rings. The summed E-state index contributed by atoms with van der Waals surface area (Å²) in [5.41, 5.74) is 1.89. The van der Waals surface area contributed by atoms with E-state index in [4.69, 9.17) is 4.74 Å². The SMILES string of the molecule is CCOCCCNC(=NC)NCc1ccc(C(=O)N2CCCCC2)cc1.I. The van der Waals surface area contributed by atoms with E-state index in [0.29, 0.717) is 6.54 Å². The minimum absolute atomic E-state index is 0. The molecule has 1 amide bonds. The summed E-state index contributed by atoms with van der Waals surface area (Å²) in [6, 6.07) is 7.86. The van der Waals surface area contributed by atoms with Crippen LogP contribution in [0.25, 0.3) is 0 Å². The molecule has 1 fully saturated rings. The van der Waals surface area contributed by atoms with Gasteiger partial charge in [-0.15, -0.1) is 24.0 Å². The summed E-state index contributed by atoms with van der Waals surface area (Å²) in [6.07, 6.45) is 4.41. The fourth-order valence-corrected chi connectivity index (χ4v) is 2.98. The Balaban J connectivity index is 0.00000364. The van der Waals surface area contributed by atoms with Crippen molar-refractivity contribution in [1.82, 2.24) is 15.5 Å². The van der Waals surface area contributed by atoms with Crippen molar-refractivity contribution >= 4 is 35.8 Å². The third-order valence-electron chi connectivity index (χ3n) is 4.49. The van der Waals surface area contributed by atoms with Crippen LogP contribution >= 0.6 is 24.0 Å². The second-order valence-corrected chi connectivity index (χ2v) is 6.45. The molecule has 27 heavy (non-hydrogen) atoms. The monoisotopic (exact) mass is 488 g/mol. The Hall–Kier alpha value is -1.35. The standard InChI is InChI=1S/C20H32N4O2.HI/c1-3-26-15-7-12-22-20(21-2)23-16-17-8-10-18(11-9-17)19(25)24-13-5-4-6-14-24;/h8-11H,3-7,12-16H2,1-2H3,(H2,21,22,23);1H. The van der Waals surface area contributed by atoms with Crippen molar-refractivity contribution in [2.45, 2.75) is 39.2 Å². The maximum absolute atomic E-state index is 12.5. The topological polar surface area (TPSA) is 66.0 Å².